The lowest BCUT2D eigenvalue weighted by Crippen LogP contribution is -2.55. The first-order chi connectivity index (χ1) is 6.18. The van der Waals surface area contributed by atoms with Crippen LogP contribution in [-0.4, -0.2) is 30.6 Å². The molecule has 2 rings (SSSR count). The van der Waals surface area contributed by atoms with Gasteiger partial charge >= 0.3 is 0 Å². The monoisotopic (exact) mass is 182 g/mol. The highest BCUT2D eigenvalue weighted by molar-refractivity contribution is 4.95. The van der Waals surface area contributed by atoms with Gasteiger partial charge in [-0.05, 0) is 45.1 Å². The van der Waals surface area contributed by atoms with E-state index in [2.05, 4.69) is 11.9 Å². The predicted octanol–water partition coefficient (Wildman–Crippen LogP) is 1.60. The molecule has 2 nitrogen and oxygen atoms in total. The van der Waals surface area contributed by atoms with Crippen molar-refractivity contribution in [3.05, 3.63) is 0 Å². The number of hydrogen-bond donors (Lipinski definition) is 1. The summed E-state index contributed by atoms with van der Waals surface area (Å²) in [6.45, 7) is 2.39. The predicted molar refractivity (Wildman–Crippen MR) is 55.6 cm³/mol. The third-order valence-corrected chi connectivity index (χ3v) is 3.73. The number of nitrogens with two attached hydrogens (primary N) is 1. The average Bonchev–Trinajstić information content (AvgIpc) is 1.94. The Labute approximate surface area is 81.5 Å². The van der Waals surface area contributed by atoms with Crippen molar-refractivity contribution in [1.29, 1.82) is 0 Å². The van der Waals surface area contributed by atoms with Gasteiger partial charge in [0.1, 0.15) is 0 Å². The van der Waals surface area contributed by atoms with Gasteiger partial charge in [-0.1, -0.05) is 6.42 Å². The minimum atomic E-state index is 0.179. The van der Waals surface area contributed by atoms with E-state index in [1.165, 1.54) is 45.1 Å². The zero-order valence-electron chi connectivity index (χ0n) is 8.76. The first-order valence-electron chi connectivity index (χ1n) is 5.65. The molecule has 2 fully saturated rings. The molecule has 0 aromatic heterocycles. The van der Waals surface area contributed by atoms with E-state index in [4.69, 9.17) is 5.73 Å². The summed E-state index contributed by atoms with van der Waals surface area (Å²) in [5.41, 5.74) is 6.38. The van der Waals surface area contributed by atoms with Crippen molar-refractivity contribution in [1.82, 2.24) is 4.90 Å². The van der Waals surface area contributed by atoms with Crippen LogP contribution in [0.1, 0.15) is 38.5 Å². The molecule has 76 valence electrons. The lowest BCUT2D eigenvalue weighted by atomic mass is 9.77. The van der Waals surface area contributed by atoms with E-state index < -0.39 is 0 Å². The van der Waals surface area contributed by atoms with E-state index in [-0.39, 0.29) is 5.54 Å². The maximum Gasteiger partial charge on any atom is 0.0283 e. The highest BCUT2D eigenvalue weighted by Gasteiger charge is 2.34. The van der Waals surface area contributed by atoms with Crippen LogP contribution in [0.5, 0.6) is 0 Å². The van der Waals surface area contributed by atoms with E-state index in [9.17, 15) is 0 Å². The average molecular weight is 182 g/mol. The van der Waals surface area contributed by atoms with Gasteiger partial charge in [-0.2, -0.15) is 0 Å². The summed E-state index contributed by atoms with van der Waals surface area (Å²) in [6.07, 6.45) is 8.16. The van der Waals surface area contributed by atoms with Gasteiger partial charge < -0.3 is 10.6 Å². The minimum absolute atomic E-state index is 0.179. The molecule has 0 spiro atoms. The molecule has 2 aliphatic rings. The molecule has 0 aromatic rings. The standard InChI is InChI=1S/C11H22N2/c1-13(8-10-4-2-5-10)9-11(12)6-3-7-11/h10H,2-9,12H2,1H3. The summed E-state index contributed by atoms with van der Waals surface area (Å²) in [4.78, 5) is 2.45. The third kappa shape index (κ3) is 2.23. The zero-order chi connectivity index (χ0) is 9.31. The van der Waals surface area contributed by atoms with Crippen molar-refractivity contribution in [2.24, 2.45) is 11.7 Å². The molecule has 0 unspecified atom stereocenters. The van der Waals surface area contributed by atoms with Crippen LogP contribution < -0.4 is 5.73 Å². The minimum Gasteiger partial charge on any atom is -0.324 e. The lowest BCUT2D eigenvalue weighted by Gasteiger charge is -2.42. The highest BCUT2D eigenvalue weighted by atomic mass is 15.1. The van der Waals surface area contributed by atoms with Crippen LogP contribution in [-0.2, 0) is 0 Å². The summed E-state index contributed by atoms with van der Waals surface area (Å²) in [7, 11) is 2.23. The number of likely N-dealkylation sites (N-methyl/N-ethyl adjacent to an activating group) is 1. The molecule has 0 saturated heterocycles. The molecule has 2 saturated carbocycles. The van der Waals surface area contributed by atoms with Crippen LogP contribution in [0.4, 0.5) is 0 Å². The van der Waals surface area contributed by atoms with Crippen molar-refractivity contribution in [3.8, 4) is 0 Å². The van der Waals surface area contributed by atoms with Gasteiger partial charge in [0.15, 0.2) is 0 Å². The van der Waals surface area contributed by atoms with E-state index >= 15 is 0 Å². The maximum atomic E-state index is 6.20. The van der Waals surface area contributed by atoms with Crippen molar-refractivity contribution < 1.29 is 0 Å². The molecule has 0 atom stereocenters. The van der Waals surface area contributed by atoms with Gasteiger partial charge in [-0.3, -0.25) is 0 Å². The van der Waals surface area contributed by atoms with E-state index in [1.807, 2.05) is 0 Å². The second-order valence-electron chi connectivity index (χ2n) is 5.21. The topological polar surface area (TPSA) is 29.3 Å². The summed E-state index contributed by atoms with van der Waals surface area (Å²) in [5, 5.41) is 0. The second-order valence-corrected chi connectivity index (χ2v) is 5.21. The number of hydrogen-bond acceptors (Lipinski definition) is 2. The highest BCUT2D eigenvalue weighted by Crippen LogP contribution is 2.31. The van der Waals surface area contributed by atoms with Crippen LogP contribution in [0.25, 0.3) is 0 Å². The SMILES string of the molecule is CN(CC1CCC1)CC1(N)CCC1. The fourth-order valence-electron chi connectivity index (χ4n) is 2.51. The quantitative estimate of drug-likeness (QED) is 0.715. The van der Waals surface area contributed by atoms with Gasteiger partial charge in [-0.15, -0.1) is 0 Å². The Bertz CT molecular complexity index is 171. The van der Waals surface area contributed by atoms with Gasteiger partial charge in [0.2, 0.25) is 0 Å². The first kappa shape index (κ1) is 9.47. The zero-order valence-corrected chi connectivity index (χ0v) is 8.76. The van der Waals surface area contributed by atoms with Crippen molar-refractivity contribution in [2.45, 2.75) is 44.1 Å². The summed E-state index contributed by atoms with van der Waals surface area (Å²) in [5.74, 6) is 0.980. The molecule has 0 heterocycles. The van der Waals surface area contributed by atoms with Crippen LogP contribution in [0.2, 0.25) is 0 Å². The fourth-order valence-corrected chi connectivity index (χ4v) is 2.51. The Morgan fingerprint density at radius 2 is 2.00 bits per heavy atom. The van der Waals surface area contributed by atoms with Crippen molar-refractivity contribution in [2.75, 3.05) is 20.1 Å². The van der Waals surface area contributed by atoms with Crippen LogP contribution in [0, 0.1) is 5.92 Å². The number of rotatable bonds is 4. The van der Waals surface area contributed by atoms with Gasteiger partial charge in [0, 0.05) is 18.6 Å². The van der Waals surface area contributed by atoms with Gasteiger partial charge in [0.05, 0.1) is 0 Å². The first-order valence-corrected chi connectivity index (χ1v) is 5.65. The smallest absolute Gasteiger partial charge is 0.0283 e. The molecule has 0 amide bonds. The Balaban J connectivity index is 1.67. The fraction of sp³-hybridized carbons (Fsp3) is 1.00. The molecule has 0 aromatic carbocycles. The van der Waals surface area contributed by atoms with Crippen LogP contribution >= 0.6 is 0 Å². The Kier molecular flexibility index (Phi) is 2.61. The summed E-state index contributed by atoms with van der Waals surface area (Å²) >= 11 is 0. The molecule has 2 N–H and O–H groups in total. The number of nitrogens with zero attached hydrogens (tertiary/aromatic N) is 1. The molecule has 0 bridgehead atoms. The van der Waals surface area contributed by atoms with Crippen LogP contribution in [0.15, 0.2) is 0 Å². The summed E-state index contributed by atoms with van der Waals surface area (Å²) in [6, 6.07) is 0. The molecule has 13 heavy (non-hydrogen) atoms. The molecule has 0 aliphatic heterocycles. The second kappa shape index (κ2) is 3.58. The van der Waals surface area contributed by atoms with Gasteiger partial charge in [-0.25, -0.2) is 0 Å². The third-order valence-electron chi connectivity index (χ3n) is 3.73. The molecule has 2 aliphatic carbocycles. The van der Waals surface area contributed by atoms with Crippen LogP contribution in [0.3, 0.4) is 0 Å². The largest absolute Gasteiger partial charge is 0.324 e. The maximum absolute atomic E-state index is 6.20. The molecular weight excluding hydrogens is 160 g/mol. The Morgan fingerprint density at radius 1 is 1.31 bits per heavy atom. The van der Waals surface area contributed by atoms with E-state index in [0.29, 0.717) is 0 Å². The van der Waals surface area contributed by atoms with Gasteiger partial charge in [0.25, 0.3) is 0 Å². The van der Waals surface area contributed by atoms with E-state index in [0.717, 1.165) is 12.5 Å². The normalized spacial score (nSPS) is 27.0. The van der Waals surface area contributed by atoms with Crippen molar-refractivity contribution in [3.63, 3.8) is 0 Å². The van der Waals surface area contributed by atoms with Crippen molar-refractivity contribution >= 4 is 0 Å². The molecular formula is C11H22N2. The Morgan fingerprint density at radius 3 is 2.38 bits per heavy atom. The lowest BCUT2D eigenvalue weighted by molar-refractivity contribution is 0.132. The Hall–Kier alpha value is -0.0800. The molecule has 2 heteroatoms. The summed E-state index contributed by atoms with van der Waals surface area (Å²) < 4.78 is 0. The molecule has 0 radical (unpaired) electrons. The van der Waals surface area contributed by atoms with E-state index in [1.54, 1.807) is 0 Å².